The Balaban J connectivity index is 2.05. The molecule has 1 heterocycles. The third-order valence-electron chi connectivity index (χ3n) is 4.56. The lowest BCUT2D eigenvalue weighted by Gasteiger charge is -2.18. The molecule has 0 spiro atoms. The number of esters is 1. The Hall–Kier alpha value is -2.65. The quantitative estimate of drug-likeness (QED) is 0.656. The fraction of sp³-hybridized carbons (Fsp3) is 0.400. The lowest BCUT2D eigenvalue weighted by atomic mass is 10.1. The number of carbonyl (C=O) groups excluding carboxylic acids is 2. The van der Waals surface area contributed by atoms with Crippen LogP contribution in [0.15, 0.2) is 33.6 Å². The number of anilines is 1. The van der Waals surface area contributed by atoms with Gasteiger partial charge in [-0.05, 0) is 39.0 Å². The zero-order valence-electron chi connectivity index (χ0n) is 17.2. The zero-order valence-corrected chi connectivity index (χ0v) is 18.1. The largest absolute Gasteiger partial charge is 0.465 e. The highest BCUT2D eigenvalue weighted by Gasteiger charge is 2.23. The summed E-state index contributed by atoms with van der Waals surface area (Å²) in [5, 5.41) is 2.55. The number of nitrogens with one attached hydrogen (secondary N) is 1. The molecule has 0 fully saturated rings. The van der Waals surface area contributed by atoms with E-state index in [0.717, 1.165) is 0 Å². The third-order valence-corrected chi connectivity index (χ3v) is 6.61. The second-order valence-electron chi connectivity index (χ2n) is 6.46. The highest BCUT2D eigenvalue weighted by Crippen LogP contribution is 2.22. The molecule has 1 N–H and O–H groups in total. The Morgan fingerprint density at radius 2 is 1.76 bits per heavy atom. The van der Waals surface area contributed by atoms with Crippen molar-refractivity contribution in [3.8, 4) is 0 Å². The van der Waals surface area contributed by atoms with Crippen LogP contribution in [0.5, 0.6) is 0 Å². The molecular weight excluding hydrogens is 396 g/mol. The first kappa shape index (κ1) is 22.6. The summed E-state index contributed by atoms with van der Waals surface area (Å²) in [6.07, 6.45) is 0. The molecule has 0 aliphatic heterocycles. The summed E-state index contributed by atoms with van der Waals surface area (Å²) in [5.74, 6) is -0.180. The van der Waals surface area contributed by atoms with Gasteiger partial charge in [-0.2, -0.15) is 4.31 Å². The Morgan fingerprint density at radius 1 is 1.10 bits per heavy atom. The molecule has 29 heavy (non-hydrogen) atoms. The highest BCUT2D eigenvalue weighted by atomic mass is 32.2. The van der Waals surface area contributed by atoms with Gasteiger partial charge >= 0.3 is 5.97 Å². The molecule has 0 saturated carbocycles. The molecule has 0 saturated heterocycles. The van der Waals surface area contributed by atoms with Crippen LogP contribution in [0.25, 0.3) is 0 Å². The summed E-state index contributed by atoms with van der Waals surface area (Å²) in [5.41, 5.74) is 1.27. The Morgan fingerprint density at radius 3 is 2.31 bits per heavy atom. The van der Waals surface area contributed by atoms with Crippen LogP contribution in [-0.4, -0.2) is 44.3 Å². The molecule has 2 rings (SSSR count). The molecule has 8 nitrogen and oxygen atoms in total. The van der Waals surface area contributed by atoms with Crippen LogP contribution in [0.1, 0.15) is 41.3 Å². The molecule has 2 aromatic rings. The van der Waals surface area contributed by atoms with Gasteiger partial charge in [0.1, 0.15) is 17.1 Å². The van der Waals surface area contributed by atoms with E-state index in [2.05, 4.69) is 5.32 Å². The van der Waals surface area contributed by atoms with Crippen molar-refractivity contribution in [2.24, 2.45) is 0 Å². The number of rotatable bonds is 8. The second-order valence-corrected chi connectivity index (χ2v) is 8.39. The lowest BCUT2D eigenvalue weighted by molar-refractivity contribution is -0.119. The summed E-state index contributed by atoms with van der Waals surface area (Å²) in [4.78, 5) is 24.5. The average Bonchev–Trinajstić information content (AvgIpc) is 2.92. The number of hydrogen-bond acceptors (Lipinski definition) is 6. The number of ether oxygens (including phenoxy) is 1. The molecule has 0 bridgehead atoms. The molecule has 158 valence electrons. The van der Waals surface area contributed by atoms with Gasteiger partial charge in [0.2, 0.25) is 10.0 Å². The molecule has 0 aliphatic rings. The first-order valence-electron chi connectivity index (χ1n) is 9.25. The summed E-state index contributed by atoms with van der Waals surface area (Å²) in [6, 6.07) is 5.95. The van der Waals surface area contributed by atoms with Crippen molar-refractivity contribution in [1.29, 1.82) is 0 Å². The molecule has 9 heteroatoms. The Bertz CT molecular complexity index is 1010. The maximum atomic E-state index is 12.6. The monoisotopic (exact) mass is 422 g/mol. The predicted molar refractivity (Wildman–Crippen MR) is 108 cm³/mol. The van der Waals surface area contributed by atoms with Crippen LogP contribution in [0.3, 0.4) is 0 Å². The Labute approximate surface area is 170 Å². The van der Waals surface area contributed by atoms with E-state index in [1.54, 1.807) is 46.8 Å². The van der Waals surface area contributed by atoms with Crippen molar-refractivity contribution in [2.45, 2.75) is 39.5 Å². The summed E-state index contributed by atoms with van der Waals surface area (Å²) in [6.45, 7) is 8.83. The zero-order chi connectivity index (χ0) is 21.8. The minimum Gasteiger partial charge on any atom is -0.465 e. The number of amides is 1. The molecular formula is C20H26N2O6S. The number of furan rings is 1. The standard InChI is InChI=1S/C20H26N2O6S/c1-6-22(7-2)29(25,26)17-10-8-9-16(11-17)21-18(23)12-27-20(24)19-13(3)14(4)28-15(19)5/h8-11H,6-7,12H2,1-5H3,(H,21,23). The fourth-order valence-corrected chi connectivity index (χ4v) is 4.45. The number of carbonyl (C=O) groups is 2. The van der Waals surface area contributed by atoms with Gasteiger partial charge in [0.15, 0.2) is 6.61 Å². The van der Waals surface area contributed by atoms with E-state index in [9.17, 15) is 18.0 Å². The van der Waals surface area contributed by atoms with E-state index in [1.807, 2.05) is 0 Å². The molecule has 1 amide bonds. The predicted octanol–water partition coefficient (Wildman–Crippen LogP) is 3.03. The van der Waals surface area contributed by atoms with Crippen LogP contribution >= 0.6 is 0 Å². The van der Waals surface area contributed by atoms with E-state index in [4.69, 9.17) is 9.15 Å². The van der Waals surface area contributed by atoms with Gasteiger partial charge in [-0.25, -0.2) is 13.2 Å². The van der Waals surface area contributed by atoms with E-state index >= 15 is 0 Å². The van der Waals surface area contributed by atoms with Crippen LogP contribution in [0, 0.1) is 20.8 Å². The lowest BCUT2D eigenvalue weighted by Crippen LogP contribution is -2.30. The number of benzene rings is 1. The smallest absolute Gasteiger partial charge is 0.342 e. The van der Waals surface area contributed by atoms with Gasteiger partial charge in [-0.15, -0.1) is 0 Å². The first-order chi connectivity index (χ1) is 13.6. The molecule has 0 aliphatic carbocycles. The molecule has 1 aromatic heterocycles. The number of aryl methyl sites for hydroxylation is 2. The van der Waals surface area contributed by atoms with Crippen molar-refractivity contribution < 1.29 is 27.2 Å². The van der Waals surface area contributed by atoms with Crippen LogP contribution < -0.4 is 5.32 Å². The fourth-order valence-electron chi connectivity index (χ4n) is 2.94. The van der Waals surface area contributed by atoms with Crippen molar-refractivity contribution in [1.82, 2.24) is 4.31 Å². The van der Waals surface area contributed by atoms with E-state index < -0.39 is 28.5 Å². The summed E-state index contributed by atoms with van der Waals surface area (Å²) in [7, 11) is -3.64. The SMILES string of the molecule is CCN(CC)S(=O)(=O)c1cccc(NC(=O)COC(=O)c2c(C)oc(C)c2C)c1. The van der Waals surface area contributed by atoms with Crippen molar-refractivity contribution in [2.75, 3.05) is 25.0 Å². The highest BCUT2D eigenvalue weighted by molar-refractivity contribution is 7.89. The van der Waals surface area contributed by atoms with Gasteiger partial charge in [-0.3, -0.25) is 4.79 Å². The molecule has 0 radical (unpaired) electrons. The van der Waals surface area contributed by atoms with Crippen LogP contribution in [0.2, 0.25) is 0 Å². The molecule has 0 unspecified atom stereocenters. The molecule has 0 atom stereocenters. The number of nitrogens with zero attached hydrogens (tertiary/aromatic N) is 1. The van der Waals surface area contributed by atoms with Crippen molar-refractivity contribution in [3.63, 3.8) is 0 Å². The van der Waals surface area contributed by atoms with Gasteiger partial charge in [0.05, 0.1) is 4.90 Å². The summed E-state index contributed by atoms with van der Waals surface area (Å²) >= 11 is 0. The minimum atomic E-state index is -3.64. The van der Waals surface area contributed by atoms with Gasteiger partial charge in [0.25, 0.3) is 5.91 Å². The maximum Gasteiger partial charge on any atom is 0.342 e. The van der Waals surface area contributed by atoms with Crippen molar-refractivity contribution in [3.05, 3.63) is 46.9 Å². The van der Waals surface area contributed by atoms with Crippen LogP contribution in [-0.2, 0) is 19.6 Å². The number of sulfonamides is 1. The maximum absolute atomic E-state index is 12.6. The summed E-state index contributed by atoms with van der Waals surface area (Å²) < 4.78 is 37.0. The van der Waals surface area contributed by atoms with Crippen LogP contribution in [0.4, 0.5) is 5.69 Å². The van der Waals surface area contributed by atoms with E-state index in [0.29, 0.717) is 41.4 Å². The topological polar surface area (TPSA) is 106 Å². The second kappa shape index (κ2) is 9.23. The van der Waals surface area contributed by atoms with Gasteiger partial charge in [0, 0.05) is 24.3 Å². The van der Waals surface area contributed by atoms with Gasteiger partial charge in [-0.1, -0.05) is 19.9 Å². The normalized spacial score (nSPS) is 11.5. The Kier molecular flexibility index (Phi) is 7.21. The van der Waals surface area contributed by atoms with Crippen molar-refractivity contribution >= 4 is 27.6 Å². The average molecular weight is 423 g/mol. The van der Waals surface area contributed by atoms with E-state index in [1.165, 1.54) is 16.4 Å². The molecule has 1 aromatic carbocycles. The minimum absolute atomic E-state index is 0.0797. The van der Waals surface area contributed by atoms with E-state index in [-0.39, 0.29) is 4.90 Å². The first-order valence-corrected chi connectivity index (χ1v) is 10.7. The number of hydrogen-bond donors (Lipinski definition) is 1. The third kappa shape index (κ3) is 5.04. The van der Waals surface area contributed by atoms with Gasteiger partial charge < -0.3 is 14.5 Å².